The molecule has 1 atom stereocenters. The lowest BCUT2D eigenvalue weighted by Gasteiger charge is -2.08. The highest BCUT2D eigenvalue weighted by atomic mass is 79.9. The number of hydrogen-bond donors (Lipinski definition) is 1. The van der Waals surface area contributed by atoms with Gasteiger partial charge in [0.1, 0.15) is 6.07 Å². The van der Waals surface area contributed by atoms with Gasteiger partial charge in [0.2, 0.25) is 0 Å². The zero-order chi connectivity index (χ0) is 11.3. The molecule has 80 valence electrons. The van der Waals surface area contributed by atoms with E-state index >= 15 is 0 Å². The van der Waals surface area contributed by atoms with Crippen molar-refractivity contribution in [3.63, 3.8) is 0 Å². The second-order valence-corrected chi connectivity index (χ2v) is 5.24. The van der Waals surface area contributed by atoms with Crippen molar-refractivity contribution < 1.29 is 5.11 Å². The second-order valence-electron chi connectivity index (χ2n) is 3.32. The Labute approximate surface area is 102 Å². The Morgan fingerprint density at radius 3 is 2.93 bits per heavy atom. The minimum Gasteiger partial charge on any atom is -0.396 e. The molecular weight excluding hydrogens is 274 g/mol. The summed E-state index contributed by atoms with van der Waals surface area (Å²) in [4.78, 5) is 0.965. The summed E-state index contributed by atoms with van der Waals surface area (Å²) in [6, 6.07) is 7.88. The molecular formula is C11H12BrNOS. The molecule has 0 saturated heterocycles. The van der Waals surface area contributed by atoms with Crippen molar-refractivity contribution in [1.29, 1.82) is 5.26 Å². The Morgan fingerprint density at radius 1 is 1.60 bits per heavy atom. The number of benzene rings is 1. The minimum absolute atomic E-state index is 0.183. The van der Waals surface area contributed by atoms with E-state index in [1.54, 1.807) is 11.8 Å². The van der Waals surface area contributed by atoms with Gasteiger partial charge in [0.25, 0.3) is 0 Å². The van der Waals surface area contributed by atoms with Crippen LogP contribution in [0.3, 0.4) is 0 Å². The first-order chi connectivity index (χ1) is 7.19. The number of thioether (sulfide) groups is 1. The van der Waals surface area contributed by atoms with Gasteiger partial charge in [-0.05, 0) is 34.0 Å². The summed E-state index contributed by atoms with van der Waals surface area (Å²) in [6.07, 6.45) is 0. The summed E-state index contributed by atoms with van der Waals surface area (Å²) in [5.74, 6) is 1.07. The van der Waals surface area contributed by atoms with Crippen molar-refractivity contribution in [2.75, 3.05) is 12.4 Å². The average molecular weight is 286 g/mol. The molecule has 0 aliphatic rings. The van der Waals surface area contributed by atoms with E-state index in [-0.39, 0.29) is 12.5 Å². The molecule has 0 fully saturated rings. The summed E-state index contributed by atoms with van der Waals surface area (Å²) in [6.45, 7) is 2.17. The quantitative estimate of drug-likeness (QED) is 0.865. The fourth-order valence-electron chi connectivity index (χ4n) is 1.02. The molecule has 1 unspecified atom stereocenters. The van der Waals surface area contributed by atoms with E-state index in [1.807, 2.05) is 25.1 Å². The van der Waals surface area contributed by atoms with Crippen molar-refractivity contribution in [1.82, 2.24) is 0 Å². The van der Waals surface area contributed by atoms with Gasteiger partial charge in [-0.15, -0.1) is 11.8 Å². The highest BCUT2D eigenvalue weighted by molar-refractivity contribution is 9.10. The summed E-state index contributed by atoms with van der Waals surface area (Å²) in [5.41, 5.74) is 0.674. The fourth-order valence-corrected chi connectivity index (χ4v) is 2.65. The lowest BCUT2D eigenvalue weighted by molar-refractivity contribution is 0.250. The van der Waals surface area contributed by atoms with E-state index in [0.717, 1.165) is 15.1 Å². The van der Waals surface area contributed by atoms with E-state index < -0.39 is 0 Å². The summed E-state index contributed by atoms with van der Waals surface area (Å²) >= 11 is 4.95. The number of aliphatic hydroxyl groups excluding tert-OH is 1. The van der Waals surface area contributed by atoms with Crippen molar-refractivity contribution in [2.24, 2.45) is 5.92 Å². The first kappa shape index (κ1) is 12.6. The number of halogens is 1. The maximum absolute atomic E-state index is 8.98. The normalized spacial score (nSPS) is 12.1. The van der Waals surface area contributed by atoms with Crippen LogP contribution in [0.4, 0.5) is 0 Å². The van der Waals surface area contributed by atoms with Crippen LogP contribution in [0.15, 0.2) is 27.6 Å². The number of nitriles is 1. The van der Waals surface area contributed by atoms with Crippen molar-refractivity contribution in [3.8, 4) is 6.07 Å². The Balaban J connectivity index is 2.77. The topological polar surface area (TPSA) is 44.0 Å². The highest BCUT2D eigenvalue weighted by Crippen LogP contribution is 2.29. The maximum atomic E-state index is 8.98. The van der Waals surface area contributed by atoms with Crippen LogP contribution in [0.5, 0.6) is 0 Å². The zero-order valence-corrected chi connectivity index (χ0v) is 10.8. The average Bonchev–Trinajstić information content (AvgIpc) is 2.25. The van der Waals surface area contributed by atoms with Crippen LogP contribution in [-0.4, -0.2) is 17.5 Å². The molecule has 1 rings (SSSR count). The second kappa shape index (κ2) is 6.16. The van der Waals surface area contributed by atoms with Crippen LogP contribution in [-0.2, 0) is 0 Å². The molecule has 1 aromatic carbocycles. The fraction of sp³-hybridized carbons (Fsp3) is 0.364. The predicted octanol–water partition coefficient (Wildman–Crippen LogP) is 3.04. The Kier molecular flexibility index (Phi) is 5.16. The molecule has 0 aliphatic heterocycles. The van der Waals surface area contributed by atoms with Gasteiger partial charge >= 0.3 is 0 Å². The molecule has 1 aromatic rings. The third-order valence-corrected chi connectivity index (χ3v) is 3.97. The van der Waals surface area contributed by atoms with E-state index in [4.69, 9.17) is 10.4 Å². The first-order valence-corrected chi connectivity index (χ1v) is 6.39. The number of aliphatic hydroxyl groups is 1. The summed E-state index contributed by atoms with van der Waals surface area (Å²) in [7, 11) is 0. The number of nitrogens with zero attached hydrogens (tertiary/aromatic N) is 1. The lowest BCUT2D eigenvalue weighted by Crippen LogP contribution is -2.03. The van der Waals surface area contributed by atoms with Gasteiger partial charge in [-0.25, -0.2) is 0 Å². The van der Waals surface area contributed by atoms with Crippen LogP contribution >= 0.6 is 27.7 Å². The first-order valence-electron chi connectivity index (χ1n) is 4.61. The summed E-state index contributed by atoms with van der Waals surface area (Å²) < 4.78 is 0.826. The van der Waals surface area contributed by atoms with E-state index in [0.29, 0.717) is 5.56 Å². The Morgan fingerprint density at radius 2 is 2.33 bits per heavy atom. The largest absolute Gasteiger partial charge is 0.396 e. The molecule has 0 bridgehead atoms. The van der Waals surface area contributed by atoms with Crippen LogP contribution in [0, 0.1) is 17.2 Å². The van der Waals surface area contributed by atoms with Gasteiger partial charge in [-0.2, -0.15) is 5.26 Å². The Hall–Kier alpha value is -0.500. The third kappa shape index (κ3) is 3.53. The van der Waals surface area contributed by atoms with Crippen LogP contribution < -0.4 is 0 Å². The van der Waals surface area contributed by atoms with E-state index in [9.17, 15) is 0 Å². The van der Waals surface area contributed by atoms with Gasteiger partial charge in [0.05, 0.1) is 5.56 Å². The Bertz CT molecular complexity index is 375. The molecule has 15 heavy (non-hydrogen) atoms. The highest BCUT2D eigenvalue weighted by Gasteiger charge is 2.08. The minimum atomic E-state index is 0.183. The number of hydrogen-bond acceptors (Lipinski definition) is 3. The molecule has 0 amide bonds. The third-order valence-electron chi connectivity index (χ3n) is 1.92. The monoisotopic (exact) mass is 285 g/mol. The van der Waals surface area contributed by atoms with Gasteiger partial charge in [0, 0.05) is 21.7 Å². The maximum Gasteiger partial charge on any atom is 0.101 e. The number of rotatable bonds is 4. The standard InChI is InChI=1S/C11H12BrNOS/c1-8(6-14)7-15-11-4-2-3-10(12)9(11)5-13/h2-4,8,14H,6-7H2,1H3. The van der Waals surface area contributed by atoms with Crippen LogP contribution in [0.25, 0.3) is 0 Å². The van der Waals surface area contributed by atoms with Crippen LogP contribution in [0.1, 0.15) is 12.5 Å². The molecule has 0 radical (unpaired) electrons. The van der Waals surface area contributed by atoms with Crippen LogP contribution in [0.2, 0.25) is 0 Å². The molecule has 0 aromatic heterocycles. The van der Waals surface area contributed by atoms with Crippen molar-refractivity contribution in [3.05, 3.63) is 28.2 Å². The van der Waals surface area contributed by atoms with Crippen molar-refractivity contribution in [2.45, 2.75) is 11.8 Å². The van der Waals surface area contributed by atoms with Crippen molar-refractivity contribution >= 4 is 27.7 Å². The molecule has 4 heteroatoms. The van der Waals surface area contributed by atoms with Gasteiger partial charge in [-0.1, -0.05) is 13.0 Å². The smallest absolute Gasteiger partial charge is 0.101 e. The molecule has 1 N–H and O–H groups in total. The summed E-state index contributed by atoms with van der Waals surface area (Å²) in [5, 5.41) is 17.9. The zero-order valence-electron chi connectivity index (χ0n) is 8.40. The molecule has 0 aliphatic carbocycles. The van der Waals surface area contributed by atoms with Gasteiger partial charge in [-0.3, -0.25) is 0 Å². The molecule has 0 saturated carbocycles. The lowest BCUT2D eigenvalue weighted by atomic mass is 10.2. The van der Waals surface area contributed by atoms with Gasteiger partial charge in [0.15, 0.2) is 0 Å². The molecule has 0 spiro atoms. The van der Waals surface area contributed by atoms with E-state index in [2.05, 4.69) is 22.0 Å². The predicted molar refractivity (Wildman–Crippen MR) is 65.8 cm³/mol. The molecule has 2 nitrogen and oxygen atoms in total. The SMILES string of the molecule is CC(CO)CSc1cccc(Br)c1C#N. The molecule has 0 heterocycles. The van der Waals surface area contributed by atoms with E-state index in [1.165, 1.54) is 0 Å². The van der Waals surface area contributed by atoms with Gasteiger partial charge < -0.3 is 5.11 Å².